The second kappa shape index (κ2) is 5.00. The van der Waals surface area contributed by atoms with Gasteiger partial charge in [-0.3, -0.25) is 0 Å². The molecular weight excluding hydrogens is 260 g/mol. The summed E-state index contributed by atoms with van der Waals surface area (Å²) in [5.41, 5.74) is 2.52. The summed E-state index contributed by atoms with van der Waals surface area (Å²) in [6.07, 6.45) is 6.28. The van der Waals surface area contributed by atoms with Gasteiger partial charge in [0.05, 0.1) is 0 Å². The zero-order valence-corrected chi connectivity index (χ0v) is 10.7. The first-order valence-electron chi connectivity index (χ1n) is 6.33. The van der Waals surface area contributed by atoms with Crippen molar-refractivity contribution in [2.24, 2.45) is 0 Å². The lowest BCUT2D eigenvalue weighted by atomic mass is 10.1. The number of nitrogens with zero attached hydrogens (tertiary/aromatic N) is 2. The van der Waals surface area contributed by atoms with E-state index in [1.165, 1.54) is 12.1 Å². The number of hydrogen-bond donors (Lipinski definition) is 1. The monoisotopic (exact) mass is 273 g/mol. The fourth-order valence-corrected chi connectivity index (χ4v) is 2.41. The van der Waals surface area contributed by atoms with Gasteiger partial charge in [-0.05, 0) is 36.1 Å². The Labute approximate surface area is 115 Å². The van der Waals surface area contributed by atoms with Crippen LogP contribution in [0.1, 0.15) is 16.7 Å². The molecule has 20 heavy (non-hydrogen) atoms. The highest BCUT2D eigenvalue weighted by Crippen LogP contribution is 2.26. The number of nitrogens with one attached hydrogen (secondary N) is 1. The summed E-state index contributed by atoms with van der Waals surface area (Å²) in [6, 6.07) is 2.60. The van der Waals surface area contributed by atoms with Gasteiger partial charge in [-0.2, -0.15) is 0 Å². The molecule has 1 heterocycles. The van der Waals surface area contributed by atoms with Crippen LogP contribution in [0.4, 0.5) is 14.7 Å². The molecule has 0 radical (unpaired) electrons. The van der Waals surface area contributed by atoms with E-state index in [0.29, 0.717) is 18.8 Å². The highest BCUT2D eigenvalue weighted by Gasteiger charge is 2.23. The fourth-order valence-electron chi connectivity index (χ4n) is 2.41. The summed E-state index contributed by atoms with van der Waals surface area (Å²) in [4.78, 5) is 8.34. The van der Waals surface area contributed by atoms with Crippen LogP contribution in [0, 0.1) is 11.6 Å². The Hall–Kier alpha value is -2.30. The Morgan fingerprint density at radius 2 is 1.65 bits per heavy atom. The Kier molecular flexibility index (Phi) is 3.18. The number of hydrogen-bond acceptors (Lipinski definition) is 3. The smallest absolute Gasteiger partial charge is 0.222 e. The quantitative estimate of drug-likeness (QED) is 0.934. The summed E-state index contributed by atoms with van der Waals surface area (Å²) >= 11 is 0. The summed E-state index contributed by atoms with van der Waals surface area (Å²) in [5, 5.41) is 3.18. The van der Waals surface area contributed by atoms with Gasteiger partial charge in [0.15, 0.2) is 11.6 Å². The predicted molar refractivity (Wildman–Crippen MR) is 73.3 cm³/mol. The van der Waals surface area contributed by atoms with Gasteiger partial charge in [-0.1, -0.05) is 12.7 Å². The van der Waals surface area contributed by atoms with E-state index in [2.05, 4.69) is 21.9 Å². The molecule has 0 saturated carbocycles. The third-order valence-corrected chi connectivity index (χ3v) is 3.42. The van der Waals surface area contributed by atoms with Crippen molar-refractivity contribution in [3.05, 3.63) is 59.4 Å². The van der Waals surface area contributed by atoms with E-state index in [1.54, 1.807) is 18.5 Å². The first-order valence-corrected chi connectivity index (χ1v) is 6.33. The lowest BCUT2D eigenvalue weighted by Crippen LogP contribution is -2.20. The van der Waals surface area contributed by atoms with Crippen LogP contribution in [-0.4, -0.2) is 16.0 Å². The predicted octanol–water partition coefficient (Wildman–Crippen LogP) is 2.98. The minimum absolute atomic E-state index is 0.0563. The number of benzene rings is 1. The van der Waals surface area contributed by atoms with E-state index in [-0.39, 0.29) is 6.04 Å². The van der Waals surface area contributed by atoms with Crippen LogP contribution in [0.25, 0.3) is 6.08 Å². The van der Waals surface area contributed by atoms with Crippen molar-refractivity contribution in [2.75, 3.05) is 5.32 Å². The number of aromatic nitrogens is 2. The molecule has 102 valence electrons. The Bertz CT molecular complexity index is 622. The van der Waals surface area contributed by atoms with Crippen LogP contribution in [0.15, 0.2) is 31.1 Å². The number of fused-ring (bicyclic) bond motifs is 1. The second-order valence-corrected chi connectivity index (χ2v) is 4.83. The van der Waals surface area contributed by atoms with Gasteiger partial charge in [0.2, 0.25) is 5.95 Å². The molecule has 0 saturated heterocycles. The van der Waals surface area contributed by atoms with Crippen molar-refractivity contribution >= 4 is 12.0 Å². The Balaban J connectivity index is 1.73. The number of rotatable bonds is 3. The number of halogens is 2. The van der Waals surface area contributed by atoms with Gasteiger partial charge in [0, 0.05) is 24.0 Å². The van der Waals surface area contributed by atoms with E-state index >= 15 is 0 Å². The molecule has 0 unspecified atom stereocenters. The average Bonchev–Trinajstić information content (AvgIpc) is 2.81. The van der Waals surface area contributed by atoms with Crippen LogP contribution in [0.2, 0.25) is 0 Å². The normalized spacial score (nSPS) is 14.1. The zero-order valence-electron chi connectivity index (χ0n) is 10.7. The van der Waals surface area contributed by atoms with Crippen molar-refractivity contribution in [1.82, 2.24) is 9.97 Å². The van der Waals surface area contributed by atoms with Gasteiger partial charge in [-0.25, -0.2) is 18.7 Å². The second-order valence-electron chi connectivity index (χ2n) is 4.83. The maximum Gasteiger partial charge on any atom is 0.222 e. The SMILES string of the molecule is C=Cc1cnc(NC2Cc3cc(F)c(F)cc3C2)nc1. The molecular formula is C15H13F2N3. The van der Waals surface area contributed by atoms with Crippen molar-refractivity contribution < 1.29 is 8.78 Å². The zero-order chi connectivity index (χ0) is 14.1. The summed E-state index contributed by atoms with van der Waals surface area (Å²) in [5.74, 6) is -1.08. The summed E-state index contributed by atoms with van der Waals surface area (Å²) < 4.78 is 26.4. The summed E-state index contributed by atoms with van der Waals surface area (Å²) in [6.45, 7) is 3.64. The van der Waals surface area contributed by atoms with E-state index in [0.717, 1.165) is 16.7 Å². The van der Waals surface area contributed by atoms with Gasteiger partial charge in [-0.15, -0.1) is 0 Å². The third kappa shape index (κ3) is 2.39. The van der Waals surface area contributed by atoms with Crippen LogP contribution >= 0.6 is 0 Å². The van der Waals surface area contributed by atoms with Gasteiger partial charge < -0.3 is 5.32 Å². The largest absolute Gasteiger partial charge is 0.351 e. The van der Waals surface area contributed by atoms with Gasteiger partial charge in [0.25, 0.3) is 0 Å². The molecule has 0 bridgehead atoms. The molecule has 1 aromatic heterocycles. The maximum atomic E-state index is 13.2. The molecule has 0 aliphatic heterocycles. The first kappa shape index (κ1) is 12.7. The fraction of sp³-hybridized carbons (Fsp3) is 0.200. The molecule has 5 heteroatoms. The topological polar surface area (TPSA) is 37.8 Å². The molecule has 1 aromatic carbocycles. The standard InChI is InChI=1S/C15H13F2N3/c1-2-9-7-18-15(19-8-9)20-12-3-10-5-13(16)14(17)6-11(10)4-12/h2,5-8,12H,1,3-4H2,(H,18,19,20). The van der Waals surface area contributed by atoms with Crippen LogP contribution in [0.3, 0.4) is 0 Å². The molecule has 1 N–H and O–H groups in total. The lowest BCUT2D eigenvalue weighted by molar-refractivity contribution is 0.507. The molecule has 3 rings (SSSR count). The molecule has 1 aliphatic rings. The van der Waals surface area contributed by atoms with Crippen molar-refractivity contribution in [3.63, 3.8) is 0 Å². The molecule has 1 aliphatic carbocycles. The molecule has 0 amide bonds. The highest BCUT2D eigenvalue weighted by atomic mass is 19.2. The van der Waals surface area contributed by atoms with Crippen LogP contribution in [0.5, 0.6) is 0 Å². The molecule has 2 aromatic rings. The van der Waals surface area contributed by atoms with Crippen molar-refractivity contribution in [3.8, 4) is 0 Å². The number of anilines is 1. The molecule has 0 fully saturated rings. The van der Waals surface area contributed by atoms with Crippen LogP contribution < -0.4 is 5.32 Å². The van der Waals surface area contributed by atoms with E-state index < -0.39 is 11.6 Å². The van der Waals surface area contributed by atoms with Gasteiger partial charge >= 0.3 is 0 Å². The lowest BCUT2D eigenvalue weighted by Gasteiger charge is -2.11. The molecule has 0 atom stereocenters. The first-order chi connectivity index (χ1) is 9.65. The van der Waals surface area contributed by atoms with E-state index in [9.17, 15) is 8.78 Å². The highest BCUT2D eigenvalue weighted by molar-refractivity contribution is 5.45. The average molecular weight is 273 g/mol. The maximum absolute atomic E-state index is 13.2. The summed E-state index contributed by atoms with van der Waals surface area (Å²) in [7, 11) is 0. The minimum atomic E-state index is -0.795. The third-order valence-electron chi connectivity index (χ3n) is 3.42. The van der Waals surface area contributed by atoms with Crippen molar-refractivity contribution in [2.45, 2.75) is 18.9 Å². The Morgan fingerprint density at radius 1 is 1.10 bits per heavy atom. The van der Waals surface area contributed by atoms with E-state index in [4.69, 9.17) is 0 Å². The molecule has 3 nitrogen and oxygen atoms in total. The molecule has 0 spiro atoms. The van der Waals surface area contributed by atoms with Crippen molar-refractivity contribution in [1.29, 1.82) is 0 Å². The van der Waals surface area contributed by atoms with Gasteiger partial charge in [0.1, 0.15) is 0 Å². The minimum Gasteiger partial charge on any atom is -0.351 e. The van der Waals surface area contributed by atoms with E-state index in [1.807, 2.05) is 0 Å². The van der Waals surface area contributed by atoms with Crippen LogP contribution in [-0.2, 0) is 12.8 Å². The Morgan fingerprint density at radius 3 is 2.15 bits per heavy atom.